The lowest BCUT2D eigenvalue weighted by atomic mass is 10.1. The van der Waals surface area contributed by atoms with Crippen molar-refractivity contribution in [1.29, 1.82) is 0 Å². The van der Waals surface area contributed by atoms with Gasteiger partial charge in [-0.15, -0.1) is 0 Å². The van der Waals surface area contributed by atoms with Gasteiger partial charge in [0.15, 0.2) is 0 Å². The van der Waals surface area contributed by atoms with E-state index in [1.165, 1.54) is 63.8 Å². The van der Waals surface area contributed by atoms with Crippen molar-refractivity contribution in [2.75, 3.05) is 0 Å². The van der Waals surface area contributed by atoms with E-state index in [1.807, 2.05) is 0 Å². The van der Waals surface area contributed by atoms with Gasteiger partial charge in [0.25, 0.3) is 0 Å². The minimum absolute atomic E-state index is 0.743. The summed E-state index contributed by atoms with van der Waals surface area (Å²) in [5.41, 5.74) is 0. The lowest BCUT2D eigenvalue weighted by Crippen LogP contribution is -2.18. The number of rotatable bonds is 10. The third kappa shape index (κ3) is 14.2. The Morgan fingerprint density at radius 3 is 1.40 bits per heavy atom. The Hall–Kier alpha value is 0.217. The first-order valence-electron chi connectivity index (χ1n) is 7.06. The first-order valence-corrected chi connectivity index (χ1v) is 10.8. The van der Waals surface area contributed by atoms with Crippen molar-refractivity contribution < 1.29 is 0 Å². The van der Waals surface area contributed by atoms with Gasteiger partial charge >= 0.3 is 0 Å². The Labute approximate surface area is 98.9 Å². The Morgan fingerprint density at radius 2 is 1.00 bits per heavy atom. The summed E-state index contributed by atoms with van der Waals surface area (Å²) in [5, 5.41) is 0. The van der Waals surface area contributed by atoms with E-state index >= 15 is 0 Å². The molecule has 0 saturated heterocycles. The molecule has 1 heteroatoms. The van der Waals surface area contributed by atoms with Crippen LogP contribution in [-0.2, 0) is 0 Å². The third-order valence-electron chi connectivity index (χ3n) is 3.03. The van der Waals surface area contributed by atoms with Gasteiger partial charge in [-0.25, -0.2) is 0 Å². The summed E-state index contributed by atoms with van der Waals surface area (Å²) in [6.07, 6.45) is 13.2. The van der Waals surface area contributed by atoms with Crippen molar-refractivity contribution in [3.63, 3.8) is 0 Å². The molecular formula is C14H32Si. The average molecular weight is 228 g/mol. The molecule has 0 rings (SSSR count). The van der Waals surface area contributed by atoms with E-state index in [0.29, 0.717) is 0 Å². The monoisotopic (exact) mass is 228 g/mol. The lowest BCUT2D eigenvalue weighted by molar-refractivity contribution is 0.571. The summed E-state index contributed by atoms with van der Waals surface area (Å²) in [7, 11) is -0.743. The molecular weight excluding hydrogens is 196 g/mol. The molecule has 15 heavy (non-hydrogen) atoms. The van der Waals surface area contributed by atoms with Crippen LogP contribution in [0.25, 0.3) is 0 Å². The maximum atomic E-state index is 2.48. The van der Waals surface area contributed by atoms with Gasteiger partial charge in [-0.05, 0) is 0 Å². The smallest absolute Gasteiger partial charge is 0.0442 e. The number of hydrogen-bond donors (Lipinski definition) is 0. The molecule has 0 spiro atoms. The second-order valence-corrected chi connectivity index (χ2v) is 11.8. The molecule has 0 fully saturated rings. The van der Waals surface area contributed by atoms with E-state index in [1.54, 1.807) is 0 Å². The van der Waals surface area contributed by atoms with Crippen LogP contribution < -0.4 is 0 Å². The van der Waals surface area contributed by atoms with Crippen LogP contribution in [0.2, 0.25) is 25.7 Å². The van der Waals surface area contributed by atoms with Gasteiger partial charge in [0, 0.05) is 8.07 Å². The van der Waals surface area contributed by atoms with E-state index < -0.39 is 8.07 Å². The molecule has 0 saturated carbocycles. The lowest BCUT2D eigenvalue weighted by Gasteiger charge is -2.14. The summed E-state index contributed by atoms with van der Waals surface area (Å²) in [6.45, 7) is 9.74. The van der Waals surface area contributed by atoms with Crippen LogP contribution in [-0.4, -0.2) is 8.07 Å². The van der Waals surface area contributed by atoms with Crippen molar-refractivity contribution >= 4 is 8.07 Å². The quantitative estimate of drug-likeness (QED) is 0.325. The summed E-state index contributed by atoms with van der Waals surface area (Å²) in [6, 6.07) is 1.53. The predicted molar refractivity (Wildman–Crippen MR) is 75.4 cm³/mol. The highest BCUT2D eigenvalue weighted by molar-refractivity contribution is 6.76. The van der Waals surface area contributed by atoms with Crippen LogP contribution in [0.5, 0.6) is 0 Å². The van der Waals surface area contributed by atoms with Gasteiger partial charge in [-0.2, -0.15) is 0 Å². The molecule has 0 nitrogen and oxygen atoms in total. The standard InChI is InChI=1S/C14H32Si/c1-5-6-7-8-9-10-11-12-13-14-15(2,3)4/h5-14H2,1-4H3. The first kappa shape index (κ1) is 15.2. The van der Waals surface area contributed by atoms with Gasteiger partial charge in [0.05, 0.1) is 0 Å². The maximum Gasteiger partial charge on any atom is 0.0442 e. The summed E-state index contributed by atoms with van der Waals surface area (Å²) in [5.74, 6) is 0. The molecule has 0 aromatic carbocycles. The molecule has 0 radical (unpaired) electrons. The van der Waals surface area contributed by atoms with Crippen LogP contribution in [0.3, 0.4) is 0 Å². The van der Waals surface area contributed by atoms with Gasteiger partial charge in [0.2, 0.25) is 0 Å². The molecule has 92 valence electrons. The molecule has 0 unspecified atom stereocenters. The molecule has 0 atom stereocenters. The van der Waals surface area contributed by atoms with Crippen LogP contribution in [0.15, 0.2) is 0 Å². The molecule has 0 aromatic rings. The SMILES string of the molecule is CCCCCCCCCCC[Si](C)(C)C. The normalized spacial score (nSPS) is 12.0. The van der Waals surface area contributed by atoms with Crippen molar-refractivity contribution in [2.24, 2.45) is 0 Å². The van der Waals surface area contributed by atoms with E-state index in [-0.39, 0.29) is 0 Å². The minimum atomic E-state index is -0.743. The highest BCUT2D eigenvalue weighted by Gasteiger charge is 2.11. The van der Waals surface area contributed by atoms with Gasteiger partial charge in [-0.3, -0.25) is 0 Å². The predicted octanol–water partition coefficient (Wildman–Crippen LogP) is 5.86. The van der Waals surface area contributed by atoms with Crippen molar-refractivity contribution in [2.45, 2.75) is 90.4 Å². The van der Waals surface area contributed by atoms with Crippen molar-refractivity contribution in [3.8, 4) is 0 Å². The molecule has 0 aliphatic rings. The molecule has 0 aliphatic carbocycles. The number of hydrogen-bond acceptors (Lipinski definition) is 0. The molecule has 0 amide bonds. The fourth-order valence-corrected chi connectivity index (χ4v) is 3.28. The molecule has 0 N–H and O–H groups in total. The summed E-state index contributed by atoms with van der Waals surface area (Å²) < 4.78 is 0. The van der Waals surface area contributed by atoms with Crippen LogP contribution in [0.4, 0.5) is 0 Å². The zero-order valence-corrected chi connectivity index (χ0v) is 12.6. The highest BCUT2D eigenvalue weighted by atomic mass is 28.3. The molecule has 0 aromatic heterocycles. The highest BCUT2D eigenvalue weighted by Crippen LogP contribution is 2.16. The Balaban J connectivity index is 2.99. The van der Waals surface area contributed by atoms with Crippen LogP contribution in [0.1, 0.15) is 64.7 Å². The van der Waals surface area contributed by atoms with Gasteiger partial charge in [0.1, 0.15) is 0 Å². The first-order chi connectivity index (χ1) is 7.06. The Bertz CT molecular complexity index is 124. The van der Waals surface area contributed by atoms with E-state index in [9.17, 15) is 0 Å². The molecule has 0 heterocycles. The zero-order chi connectivity index (χ0) is 11.6. The Kier molecular flexibility index (Phi) is 9.58. The van der Waals surface area contributed by atoms with Crippen molar-refractivity contribution in [3.05, 3.63) is 0 Å². The van der Waals surface area contributed by atoms with Gasteiger partial charge in [-0.1, -0.05) is 90.4 Å². The van der Waals surface area contributed by atoms with E-state index in [4.69, 9.17) is 0 Å². The Morgan fingerprint density at radius 1 is 0.600 bits per heavy atom. The topological polar surface area (TPSA) is 0 Å². The number of unbranched alkanes of at least 4 members (excludes halogenated alkanes) is 8. The largest absolute Gasteiger partial charge is 0.0695 e. The minimum Gasteiger partial charge on any atom is -0.0695 e. The molecule has 0 aliphatic heterocycles. The van der Waals surface area contributed by atoms with Crippen LogP contribution >= 0.6 is 0 Å². The second-order valence-electron chi connectivity index (χ2n) is 6.14. The van der Waals surface area contributed by atoms with E-state index in [2.05, 4.69) is 26.6 Å². The van der Waals surface area contributed by atoms with Crippen LogP contribution in [0, 0.1) is 0 Å². The van der Waals surface area contributed by atoms with Crippen molar-refractivity contribution in [1.82, 2.24) is 0 Å². The average Bonchev–Trinajstić information content (AvgIpc) is 2.14. The second kappa shape index (κ2) is 9.44. The van der Waals surface area contributed by atoms with E-state index in [0.717, 1.165) is 0 Å². The molecule has 0 bridgehead atoms. The fraction of sp³-hybridized carbons (Fsp3) is 1.00. The third-order valence-corrected chi connectivity index (χ3v) is 4.88. The summed E-state index contributed by atoms with van der Waals surface area (Å²) >= 11 is 0. The fourth-order valence-electron chi connectivity index (χ4n) is 1.97. The maximum absolute atomic E-state index is 2.48. The van der Waals surface area contributed by atoms with Gasteiger partial charge < -0.3 is 0 Å². The summed E-state index contributed by atoms with van der Waals surface area (Å²) in [4.78, 5) is 0. The zero-order valence-electron chi connectivity index (χ0n) is 11.6.